The van der Waals surface area contributed by atoms with E-state index in [4.69, 9.17) is 9.47 Å². The third-order valence-electron chi connectivity index (χ3n) is 3.38. The minimum Gasteiger partial charge on any atom is -0.394 e. The van der Waals surface area contributed by atoms with Gasteiger partial charge in [0.2, 0.25) is 0 Å². The molecule has 0 radical (unpaired) electrons. The van der Waals surface area contributed by atoms with Crippen LogP contribution < -0.4 is 10.2 Å². The zero-order valence-electron chi connectivity index (χ0n) is 11.9. The Bertz CT molecular complexity index is 403. The van der Waals surface area contributed by atoms with Crippen molar-refractivity contribution in [1.29, 1.82) is 0 Å². The van der Waals surface area contributed by atoms with Crippen LogP contribution in [-0.4, -0.2) is 62.8 Å². The fourth-order valence-corrected chi connectivity index (χ4v) is 2.31. The number of morpholine rings is 1. The summed E-state index contributed by atoms with van der Waals surface area (Å²) in [4.78, 5) is 6.62. The molecule has 2 N–H and O–H groups in total. The molecule has 1 saturated heterocycles. The van der Waals surface area contributed by atoms with E-state index in [0.717, 1.165) is 31.0 Å². The second-order valence-electron chi connectivity index (χ2n) is 4.76. The number of anilines is 1. The fourth-order valence-electron chi connectivity index (χ4n) is 2.31. The topological polar surface area (TPSA) is 66.9 Å². The Morgan fingerprint density at radius 3 is 3.30 bits per heavy atom. The first-order valence-corrected chi connectivity index (χ1v) is 6.95. The number of hydrogen-bond acceptors (Lipinski definition) is 6. The molecule has 1 aromatic heterocycles. The van der Waals surface area contributed by atoms with Crippen molar-refractivity contribution in [2.24, 2.45) is 0 Å². The number of rotatable bonds is 7. The van der Waals surface area contributed by atoms with Gasteiger partial charge in [-0.2, -0.15) is 0 Å². The third-order valence-corrected chi connectivity index (χ3v) is 3.38. The molecule has 2 heterocycles. The lowest BCUT2D eigenvalue weighted by molar-refractivity contribution is 0.0722. The molecule has 112 valence electrons. The van der Waals surface area contributed by atoms with Crippen LogP contribution >= 0.6 is 0 Å². The molecule has 1 aromatic rings. The Kier molecular flexibility index (Phi) is 6.20. The fraction of sp³-hybridized carbons (Fsp3) is 0.643. The Labute approximate surface area is 119 Å². The lowest BCUT2D eigenvalue weighted by Crippen LogP contribution is -2.48. The number of aromatic nitrogens is 1. The quantitative estimate of drug-likeness (QED) is 0.687. The highest BCUT2D eigenvalue weighted by Crippen LogP contribution is 2.21. The van der Waals surface area contributed by atoms with Crippen LogP contribution in [0.3, 0.4) is 0 Å². The second-order valence-corrected chi connectivity index (χ2v) is 4.76. The normalized spacial score (nSPS) is 19.3. The molecule has 1 aliphatic rings. The van der Waals surface area contributed by atoms with Crippen LogP contribution in [0.2, 0.25) is 0 Å². The molecule has 6 nitrogen and oxygen atoms in total. The monoisotopic (exact) mass is 281 g/mol. The van der Waals surface area contributed by atoms with Gasteiger partial charge < -0.3 is 24.8 Å². The standard InChI is InChI=1S/C14H23N3O3/c1-19-7-5-15-9-12-3-2-4-16-14(12)17-6-8-20-11-13(17)10-18/h2-4,13,15,18H,5-11H2,1H3. The van der Waals surface area contributed by atoms with Gasteiger partial charge >= 0.3 is 0 Å². The molecule has 0 aliphatic carbocycles. The molecule has 1 aliphatic heterocycles. The van der Waals surface area contributed by atoms with E-state index >= 15 is 0 Å². The van der Waals surface area contributed by atoms with E-state index in [0.29, 0.717) is 19.8 Å². The zero-order valence-corrected chi connectivity index (χ0v) is 11.9. The maximum Gasteiger partial charge on any atom is 0.133 e. The van der Waals surface area contributed by atoms with Gasteiger partial charge in [-0.3, -0.25) is 0 Å². The van der Waals surface area contributed by atoms with Crippen LogP contribution in [0.4, 0.5) is 5.82 Å². The van der Waals surface area contributed by atoms with Crippen molar-refractivity contribution in [1.82, 2.24) is 10.3 Å². The van der Waals surface area contributed by atoms with Gasteiger partial charge in [-0.25, -0.2) is 4.98 Å². The Hall–Kier alpha value is -1.21. The first-order valence-electron chi connectivity index (χ1n) is 6.95. The van der Waals surface area contributed by atoms with E-state index in [1.165, 1.54) is 0 Å². The van der Waals surface area contributed by atoms with Crippen molar-refractivity contribution in [3.63, 3.8) is 0 Å². The molecule has 20 heavy (non-hydrogen) atoms. The van der Waals surface area contributed by atoms with E-state index in [2.05, 4.69) is 21.3 Å². The minimum absolute atomic E-state index is 0.0172. The average Bonchev–Trinajstić information content (AvgIpc) is 2.52. The van der Waals surface area contributed by atoms with Gasteiger partial charge in [0.25, 0.3) is 0 Å². The molecule has 1 unspecified atom stereocenters. The maximum atomic E-state index is 9.48. The van der Waals surface area contributed by atoms with Crippen LogP contribution in [-0.2, 0) is 16.0 Å². The maximum absolute atomic E-state index is 9.48. The number of nitrogens with zero attached hydrogens (tertiary/aromatic N) is 2. The molecule has 1 fully saturated rings. The number of nitrogens with one attached hydrogen (secondary N) is 1. The van der Waals surface area contributed by atoms with Crippen molar-refractivity contribution in [3.05, 3.63) is 23.9 Å². The summed E-state index contributed by atoms with van der Waals surface area (Å²) in [6.07, 6.45) is 1.79. The van der Waals surface area contributed by atoms with Crippen LogP contribution in [0.25, 0.3) is 0 Å². The summed E-state index contributed by atoms with van der Waals surface area (Å²) in [5.41, 5.74) is 1.13. The number of ether oxygens (including phenoxy) is 2. The van der Waals surface area contributed by atoms with E-state index in [-0.39, 0.29) is 12.6 Å². The molecular weight excluding hydrogens is 258 g/mol. The predicted molar refractivity (Wildman–Crippen MR) is 76.9 cm³/mol. The molecule has 6 heteroatoms. The van der Waals surface area contributed by atoms with Gasteiger partial charge in [0.15, 0.2) is 0 Å². The molecule has 0 spiro atoms. The van der Waals surface area contributed by atoms with Crippen LogP contribution in [0.1, 0.15) is 5.56 Å². The predicted octanol–water partition coefficient (Wildman–Crippen LogP) is 0.0151. The molecule has 0 bridgehead atoms. The van der Waals surface area contributed by atoms with Crippen molar-refractivity contribution < 1.29 is 14.6 Å². The van der Waals surface area contributed by atoms with Crippen molar-refractivity contribution in [3.8, 4) is 0 Å². The van der Waals surface area contributed by atoms with Crippen molar-refractivity contribution in [2.45, 2.75) is 12.6 Å². The summed E-state index contributed by atoms with van der Waals surface area (Å²) in [6, 6.07) is 3.98. The molecule has 2 rings (SSSR count). The largest absolute Gasteiger partial charge is 0.394 e. The second kappa shape index (κ2) is 8.16. The summed E-state index contributed by atoms with van der Waals surface area (Å²) < 4.78 is 10.4. The molecule has 0 amide bonds. The number of pyridine rings is 1. The number of aliphatic hydroxyl groups excluding tert-OH is 1. The van der Waals surface area contributed by atoms with Crippen LogP contribution in [0.5, 0.6) is 0 Å². The van der Waals surface area contributed by atoms with Gasteiger partial charge in [-0.15, -0.1) is 0 Å². The lowest BCUT2D eigenvalue weighted by atomic mass is 10.2. The minimum atomic E-state index is -0.0172. The number of hydrogen-bond donors (Lipinski definition) is 2. The Morgan fingerprint density at radius 2 is 2.50 bits per heavy atom. The highest BCUT2D eigenvalue weighted by atomic mass is 16.5. The first kappa shape index (κ1) is 15.2. The Morgan fingerprint density at radius 1 is 1.60 bits per heavy atom. The van der Waals surface area contributed by atoms with Gasteiger partial charge in [-0.1, -0.05) is 6.07 Å². The average molecular weight is 281 g/mol. The first-order chi connectivity index (χ1) is 9.86. The molecular formula is C14H23N3O3. The SMILES string of the molecule is COCCNCc1cccnc1N1CCOCC1CO. The van der Waals surface area contributed by atoms with Crippen molar-refractivity contribution in [2.75, 3.05) is 51.5 Å². The lowest BCUT2D eigenvalue weighted by Gasteiger charge is -2.36. The summed E-state index contributed by atoms with van der Waals surface area (Å²) in [5, 5.41) is 12.8. The highest BCUT2D eigenvalue weighted by Gasteiger charge is 2.25. The van der Waals surface area contributed by atoms with Crippen LogP contribution in [0, 0.1) is 0 Å². The summed E-state index contributed by atoms with van der Waals surface area (Å²) in [5.74, 6) is 0.930. The summed E-state index contributed by atoms with van der Waals surface area (Å²) >= 11 is 0. The zero-order chi connectivity index (χ0) is 14.2. The van der Waals surface area contributed by atoms with Gasteiger partial charge in [0.1, 0.15) is 5.82 Å². The van der Waals surface area contributed by atoms with E-state index in [1.807, 2.05) is 6.07 Å². The van der Waals surface area contributed by atoms with Gasteiger partial charge in [0.05, 0.1) is 32.5 Å². The van der Waals surface area contributed by atoms with Crippen molar-refractivity contribution >= 4 is 5.82 Å². The van der Waals surface area contributed by atoms with E-state index in [9.17, 15) is 5.11 Å². The molecule has 0 saturated carbocycles. The van der Waals surface area contributed by atoms with Gasteiger partial charge in [-0.05, 0) is 6.07 Å². The molecule has 0 aromatic carbocycles. The highest BCUT2D eigenvalue weighted by molar-refractivity contribution is 5.48. The van der Waals surface area contributed by atoms with E-state index < -0.39 is 0 Å². The number of methoxy groups -OCH3 is 1. The van der Waals surface area contributed by atoms with Gasteiger partial charge in [0, 0.05) is 38.5 Å². The Balaban J connectivity index is 2.05. The van der Waals surface area contributed by atoms with Crippen LogP contribution in [0.15, 0.2) is 18.3 Å². The van der Waals surface area contributed by atoms with E-state index in [1.54, 1.807) is 13.3 Å². The molecule has 1 atom stereocenters. The third kappa shape index (κ3) is 3.89. The summed E-state index contributed by atoms with van der Waals surface area (Å²) in [6.45, 7) is 4.28. The number of aliphatic hydroxyl groups is 1. The summed E-state index contributed by atoms with van der Waals surface area (Å²) in [7, 11) is 1.69. The smallest absolute Gasteiger partial charge is 0.133 e.